The highest BCUT2D eigenvalue weighted by Crippen LogP contribution is 2.28. The molecule has 124 valence electrons. The molecule has 3 aromatic heterocycles. The molecule has 0 spiro atoms. The lowest BCUT2D eigenvalue weighted by atomic mass is 10.1. The fourth-order valence-corrected chi connectivity index (χ4v) is 3.65. The molecule has 0 amide bonds. The van der Waals surface area contributed by atoms with Crippen molar-refractivity contribution in [2.75, 3.05) is 0 Å². The van der Waals surface area contributed by atoms with E-state index in [4.69, 9.17) is 0 Å². The summed E-state index contributed by atoms with van der Waals surface area (Å²) in [4.78, 5) is 17.3. The Balaban J connectivity index is 1.73. The monoisotopic (exact) mass is 332 g/mol. The molecule has 1 aliphatic rings. The van der Waals surface area contributed by atoms with Gasteiger partial charge in [-0.25, -0.2) is 4.98 Å². The second-order valence-electron chi connectivity index (χ2n) is 6.43. The van der Waals surface area contributed by atoms with Crippen molar-refractivity contribution in [3.63, 3.8) is 0 Å². The Morgan fingerprint density at radius 2 is 1.80 bits per heavy atom. The average molecular weight is 332 g/mol. The molecule has 0 unspecified atom stereocenters. The van der Waals surface area contributed by atoms with Gasteiger partial charge in [-0.05, 0) is 18.4 Å². The lowest BCUT2D eigenvalue weighted by Crippen LogP contribution is -2.25. The molecule has 7 heteroatoms. The highest BCUT2D eigenvalue weighted by molar-refractivity contribution is 5.80. The van der Waals surface area contributed by atoms with Crippen LogP contribution in [-0.4, -0.2) is 29.4 Å². The van der Waals surface area contributed by atoms with Gasteiger partial charge < -0.3 is 0 Å². The fourth-order valence-electron chi connectivity index (χ4n) is 3.65. The van der Waals surface area contributed by atoms with Crippen LogP contribution in [0.2, 0.25) is 0 Å². The number of hydrogen-bond donors (Lipinski definition) is 0. The van der Waals surface area contributed by atoms with E-state index in [-0.39, 0.29) is 17.1 Å². The second-order valence-corrected chi connectivity index (χ2v) is 6.43. The third-order valence-corrected chi connectivity index (χ3v) is 4.95. The van der Waals surface area contributed by atoms with Gasteiger partial charge in [0.15, 0.2) is 16.8 Å². The van der Waals surface area contributed by atoms with E-state index in [0.29, 0.717) is 11.3 Å². The molecule has 1 aromatic carbocycles. The smallest absolute Gasteiger partial charge is 0.283 e. The van der Waals surface area contributed by atoms with Gasteiger partial charge in [0.25, 0.3) is 5.56 Å². The molecule has 1 fully saturated rings. The zero-order chi connectivity index (χ0) is 16.8. The first-order chi connectivity index (χ1) is 12.3. The number of hydrogen-bond acceptors (Lipinski definition) is 5. The van der Waals surface area contributed by atoms with Crippen molar-refractivity contribution < 1.29 is 0 Å². The Bertz CT molecular complexity index is 1120. The van der Waals surface area contributed by atoms with Crippen LogP contribution in [0, 0.1) is 0 Å². The summed E-state index contributed by atoms with van der Waals surface area (Å²) in [6.07, 6.45) is 7.71. The van der Waals surface area contributed by atoms with E-state index >= 15 is 0 Å². The fraction of sp³-hybridized carbons (Fsp3) is 0.278. The van der Waals surface area contributed by atoms with Crippen LogP contribution in [0.4, 0.5) is 0 Å². The maximum absolute atomic E-state index is 12.8. The Morgan fingerprint density at radius 1 is 1.00 bits per heavy atom. The third kappa shape index (κ3) is 2.15. The quantitative estimate of drug-likeness (QED) is 0.564. The van der Waals surface area contributed by atoms with Crippen LogP contribution in [0.25, 0.3) is 27.9 Å². The van der Waals surface area contributed by atoms with Gasteiger partial charge in [-0.1, -0.05) is 43.2 Å². The number of fused-ring (bicyclic) bond motifs is 3. The molecule has 25 heavy (non-hydrogen) atoms. The summed E-state index contributed by atoms with van der Waals surface area (Å²) in [6.45, 7) is 0. The van der Waals surface area contributed by atoms with Gasteiger partial charge in [0, 0.05) is 11.6 Å². The maximum Gasteiger partial charge on any atom is 0.283 e. The molecular weight excluding hydrogens is 316 g/mol. The summed E-state index contributed by atoms with van der Waals surface area (Å²) in [6, 6.07) is 10.1. The van der Waals surface area contributed by atoms with E-state index in [9.17, 15) is 4.79 Å². The van der Waals surface area contributed by atoms with Crippen LogP contribution in [-0.2, 0) is 0 Å². The summed E-state index contributed by atoms with van der Waals surface area (Å²) >= 11 is 0. The minimum absolute atomic E-state index is 0.136. The van der Waals surface area contributed by atoms with Crippen molar-refractivity contribution in [3.05, 3.63) is 53.2 Å². The Hall–Kier alpha value is -3.09. The summed E-state index contributed by atoms with van der Waals surface area (Å²) in [5.41, 5.74) is 3.06. The summed E-state index contributed by atoms with van der Waals surface area (Å²) in [5, 5.41) is 12.9. The molecule has 0 aliphatic heterocycles. The molecule has 5 rings (SSSR count). The molecule has 0 atom stereocenters. The van der Waals surface area contributed by atoms with Crippen molar-refractivity contribution >= 4 is 16.8 Å². The number of rotatable bonds is 2. The minimum Gasteiger partial charge on any atom is -0.294 e. The first kappa shape index (κ1) is 14.3. The van der Waals surface area contributed by atoms with Crippen LogP contribution in [0.1, 0.15) is 31.7 Å². The maximum atomic E-state index is 12.8. The van der Waals surface area contributed by atoms with E-state index in [1.54, 1.807) is 21.6 Å². The van der Waals surface area contributed by atoms with E-state index in [1.165, 1.54) is 0 Å². The predicted octanol–water partition coefficient (Wildman–Crippen LogP) is 2.62. The predicted molar refractivity (Wildman–Crippen MR) is 93.3 cm³/mol. The van der Waals surface area contributed by atoms with E-state index in [0.717, 1.165) is 36.8 Å². The van der Waals surface area contributed by atoms with Crippen LogP contribution >= 0.6 is 0 Å². The highest BCUT2D eigenvalue weighted by Gasteiger charge is 2.21. The number of nitrogens with zero attached hydrogens (tertiary/aromatic N) is 6. The average Bonchev–Trinajstić information content (AvgIpc) is 3.32. The van der Waals surface area contributed by atoms with Crippen LogP contribution in [0.5, 0.6) is 0 Å². The summed E-state index contributed by atoms with van der Waals surface area (Å²) in [7, 11) is 0. The molecule has 3 heterocycles. The standard InChI is InChI=1S/C18H16N6O/c25-18-15-17(19-11-23(18)13-8-4-5-9-13)24-16(22-21-15)14(10-20-24)12-6-2-1-3-7-12/h1-3,6-7,10-11,13H,4-5,8-9H2. The largest absolute Gasteiger partial charge is 0.294 e. The van der Waals surface area contributed by atoms with Gasteiger partial charge in [0.2, 0.25) is 0 Å². The van der Waals surface area contributed by atoms with Crippen molar-refractivity contribution in [2.24, 2.45) is 0 Å². The van der Waals surface area contributed by atoms with Crippen molar-refractivity contribution in [1.82, 2.24) is 29.4 Å². The molecule has 1 aliphatic carbocycles. The number of benzene rings is 1. The molecule has 0 bridgehead atoms. The zero-order valence-electron chi connectivity index (χ0n) is 13.5. The molecule has 0 saturated heterocycles. The Labute approximate surface area is 143 Å². The van der Waals surface area contributed by atoms with E-state index in [1.807, 2.05) is 30.3 Å². The lowest BCUT2D eigenvalue weighted by molar-refractivity contribution is 0.497. The van der Waals surface area contributed by atoms with Gasteiger partial charge in [-0.2, -0.15) is 9.61 Å². The molecular formula is C18H16N6O. The molecule has 4 aromatic rings. The van der Waals surface area contributed by atoms with Gasteiger partial charge in [0.05, 0.1) is 6.20 Å². The van der Waals surface area contributed by atoms with Crippen molar-refractivity contribution in [3.8, 4) is 11.1 Å². The van der Waals surface area contributed by atoms with Crippen LogP contribution in [0.15, 0.2) is 47.7 Å². The van der Waals surface area contributed by atoms with E-state index in [2.05, 4.69) is 20.3 Å². The minimum atomic E-state index is -0.136. The first-order valence-electron chi connectivity index (χ1n) is 8.49. The van der Waals surface area contributed by atoms with Crippen molar-refractivity contribution in [2.45, 2.75) is 31.7 Å². The molecule has 0 N–H and O–H groups in total. The van der Waals surface area contributed by atoms with Gasteiger partial charge in [0.1, 0.15) is 6.33 Å². The normalized spacial score (nSPS) is 15.4. The Morgan fingerprint density at radius 3 is 2.60 bits per heavy atom. The second kappa shape index (κ2) is 5.47. The summed E-state index contributed by atoms with van der Waals surface area (Å²) < 4.78 is 3.31. The van der Waals surface area contributed by atoms with Crippen LogP contribution < -0.4 is 5.56 Å². The lowest BCUT2D eigenvalue weighted by Gasteiger charge is -2.12. The van der Waals surface area contributed by atoms with E-state index < -0.39 is 0 Å². The first-order valence-corrected chi connectivity index (χ1v) is 8.49. The van der Waals surface area contributed by atoms with Crippen molar-refractivity contribution in [1.29, 1.82) is 0 Å². The topological polar surface area (TPSA) is 78.0 Å². The SMILES string of the molecule is O=c1c2nnc3c(-c4ccccc4)cnn3c2ncn1C1CCCC1. The van der Waals surface area contributed by atoms with Gasteiger partial charge >= 0.3 is 0 Å². The van der Waals surface area contributed by atoms with Gasteiger partial charge in [-0.3, -0.25) is 9.36 Å². The third-order valence-electron chi connectivity index (χ3n) is 4.95. The van der Waals surface area contributed by atoms with Gasteiger partial charge in [-0.15, -0.1) is 10.2 Å². The van der Waals surface area contributed by atoms with Crippen LogP contribution in [0.3, 0.4) is 0 Å². The Kier molecular flexibility index (Phi) is 3.12. The highest BCUT2D eigenvalue weighted by atomic mass is 16.1. The molecule has 0 radical (unpaired) electrons. The number of aromatic nitrogens is 6. The summed E-state index contributed by atoms with van der Waals surface area (Å²) in [5.74, 6) is 0. The molecule has 1 saturated carbocycles. The zero-order valence-corrected chi connectivity index (χ0v) is 13.5. The molecule has 7 nitrogen and oxygen atoms in total.